The van der Waals surface area contributed by atoms with Crippen molar-refractivity contribution in [2.45, 2.75) is 19.4 Å². The molecule has 2 N–H and O–H groups in total. The number of rotatable bonds is 1. The topological polar surface area (TPSA) is 44.4 Å². The first-order valence-corrected chi connectivity index (χ1v) is 6.62. The molecule has 1 unspecified atom stereocenters. The fourth-order valence-corrected chi connectivity index (χ4v) is 2.85. The average Bonchev–Trinajstić information content (AvgIpc) is 2.55. The first kappa shape index (κ1) is 11.7. The van der Waals surface area contributed by atoms with E-state index in [-0.39, 0.29) is 11.9 Å². The predicted octanol–water partition coefficient (Wildman–Crippen LogP) is 1.28. The first-order chi connectivity index (χ1) is 8.75. The van der Waals surface area contributed by atoms with Crippen molar-refractivity contribution in [3.63, 3.8) is 0 Å². The number of fused-ring (bicyclic) bond motifs is 1. The van der Waals surface area contributed by atoms with Crippen LogP contribution in [0.15, 0.2) is 18.2 Å². The van der Waals surface area contributed by atoms with E-state index in [4.69, 9.17) is 0 Å². The molecule has 96 valence electrons. The Morgan fingerprint density at radius 2 is 2.17 bits per heavy atom. The molecule has 1 atom stereocenters. The summed E-state index contributed by atoms with van der Waals surface area (Å²) in [4.78, 5) is 14.5. The minimum atomic E-state index is -0.0974. The summed E-state index contributed by atoms with van der Waals surface area (Å²) in [5, 5.41) is 6.37. The van der Waals surface area contributed by atoms with E-state index < -0.39 is 0 Å². The van der Waals surface area contributed by atoms with Crippen molar-refractivity contribution in [2.24, 2.45) is 0 Å². The predicted molar refractivity (Wildman–Crippen MR) is 71.6 cm³/mol. The van der Waals surface area contributed by atoms with Gasteiger partial charge >= 0.3 is 0 Å². The molecule has 1 aromatic rings. The molecule has 0 saturated carbocycles. The van der Waals surface area contributed by atoms with Gasteiger partial charge in [-0.2, -0.15) is 0 Å². The van der Waals surface area contributed by atoms with Gasteiger partial charge in [0.25, 0.3) is 0 Å². The van der Waals surface area contributed by atoms with Gasteiger partial charge in [-0.05, 0) is 26.0 Å². The average molecular weight is 245 g/mol. The number of aryl methyl sites for hydroxylation is 1. The molecular weight excluding hydrogens is 226 g/mol. The van der Waals surface area contributed by atoms with E-state index in [9.17, 15) is 4.79 Å². The molecule has 18 heavy (non-hydrogen) atoms. The van der Waals surface area contributed by atoms with Crippen LogP contribution in [0, 0.1) is 6.92 Å². The molecule has 2 aliphatic rings. The zero-order valence-electron chi connectivity index (χ0n) is 10.7. The molecule has 2 heterocycles. The summed E-state index contributed by atoms with van der Waals surface area (Å²) in [5.41, 5.74) is 3.33. The second kappa shape index (κ2) is 4.71. The Labute approximate surface area is 107 Å². The molecule has 1 saturated heterocycles. The molecule has 1 amide bonds. The largest absolute Gasteiger partial charge is 0.324 e. The maximum absolute atomic E-state index is 12.2. The van der Waals surface area contributed by atoms with Gasteiger partial charge in [-0.25, -0.2) is 0 Å². The third-order valence-corrected chi connectivity index (χ3v) is 3.75. The van der Waals surface area contributed by atoms with Crippen LogP contribution in [0.2, 0.25) is 0 Å². The van der Waals surface area contributed by atoms with Crippen molar-refractivity contribution in [1.29, 1.82) is 0 Å². The lowest BCUT2D eigenvalue weighted by Gasteiger charge is -2.25. The molecular formula is C14H19N3O. The van der Waals surface area contributed by atoms with Crippen molar-refractivity contribution in [2.75, 3.05) is 31.5 Å². The number of hydrogen-bond donors (Lipinski definition) is 2. The highest BCUT2D eigenvalue weighted by Crippen LogP contribution is 2.35. The van der Waals surface area contributed by atoms with Gasteiger partial charge in [-0.15, -0.1) is 0 Å². The minimum absolute atomic E-state index is 0.0974. The fraction of sp³-hybridized carbons (Fsp3) is 0.500. The highest BCUT2D eigenvalue weighted by atomic mass is 16.2. The van der Waals surface area contributed by atoms with Crippen molar-refractivity contribution >= 4 is 11.6 Å². The van der Waals surface area contributed by atoms with Gasteiger partial charge < -0.3 is 10.6 Å². The number of nitrogens with one attached hydrogen (secondary N) is 2. The van der Waals surface area contributed by atoms with Crippen molar-refractivity contribution < 1.29 is 4.79 Å². The number of carbonyl (C=O) groups is 1. The Bertz CT molecular complexity index is 464. The molecule has 0 bridgehead atoms. The van der Waals surface area contributed by atoms with E-state index in [1.165, 1.54) is 5.56 Å². The van der Waals surface area contributed by atoms with Crippen LogP contribution in [-0.4, -0.2) is 37.0 Å². The van der Waals surface area contributed by atoms with Gasteiger partial charge in [0.15, 0.2) is 0 Å². The van der Waals surface area contributed by atoms with Gasteiger partial charge in [0.2, 0.25) is 5.91 Å². The molecule has 4 nitrogen and oxygen atoms in total. The molecule has 3 rings (SSSR count). The van der Waals surface area contributed by atoms with E-state index in [1.54, 1.807) is 0 Å². The van der Waals surface area contributed by atoms with Crippen LogP contribution < -0.4 is 10.6 Å². The Kier molecular flexibility index (Phi) is 3.06. The molecule has 0 spiro atoms. The molecule has 1 aromatic carbocycles. The summed E-state index contributed by atoms with van der Waals surface area (Å²) in [6.07, 6.45) is 1.10. The third-order valence-electron chi connectivity index (χ3n) is 3.75. The van der Waals surface area contributed by atoms with E-state index in [2.05, 4.69) is 28.5 Å². The van der Waals surface area contributed by atoms with Crippen LogP contribution in [0.4, 0.5) is 5.69 Å². The smallest absolute Gasteiger partial charge is 0.246 e. The first-order valence-electron chi connectivity index (χ1n) is 6.62. The van der Waals surface area contributed by atoms with Crippen molar-refractivity contribution in [3.05, 3.63) is 29.3 Å². The molecule has 0 aromatic heterocycles. The number of benzene rings is 1. The summed E-state index contributed by atoms with van der Waals surface area (Å²) in [5.74, 6) is 0.123. The minimum Gasteiger partial charge on any atom is -0.324 e. The van der Waals surface area contributed by atoms with Crippen LogP contribution in [0.1, 0.15) is 23.6 Å². The highest BCUT2D eigenvalue weighted by Gasteiger charge is 2.35. The SMILES string of the molecule is Cc1ccc2c(c1)C(N1CCCNCC1)C(=O)N2. The Morgan fingerprint density at radius 3 is 3.06 bits per heavy atom. The molecule has 0 radical (unpaired) electrons. The highest BCUT2D eigenvalue weighted by molar-refractivity contribution is 6.02. The summed E-state index contributed by atoms with van der Waals surface area (Å²) in [6.45, 7) is 6.00. The summed E-state index contributed by atoms with van der Waals surface area (Å²) in [6, 6.07) is 6.10. The van der Waals surface area contributed by atoms with Crippen LogP contribution in [0.25, 0.3) is 0 Å². The van der Waals surface area contributed by atoms with Crippen molar-refractivity contribution in [3.8, 4) is 0 Å². The lowest BCUT2D eigenvalue weighted by molar-refractivity contribution is -0.120. The van der Waals surface area contributed by atoms with Gasteiger partial charge in [0, 0.05) is 30.9 Å². The monoisotopic (exact) mass is 245 g/mol. The van der Waals surface area contributed by atoms with E-state index in [1.807, 2.05) is 12.1 Å². The zero-order chi connectivity index (χ0) is 12.5. The van der Waals surface area contributed by atoms with Crippen LogP contribution in [-0.2, 0) is 4.79 Å². The second-order valence-corrected chi connectivity index (χ2v) is 5.12. The maximum Gasteiger partial charge on any atom is 0.246 e. The summed E-state index contributed by atoms with van der Waals surface area (Å²) in [7, 11) is 0. The number of carbonyl (C=O) groups excluding carboxylic acids is 1. The summed E-state index contributed by atoms with van der Waals surface area (Å²) >= 11 is 0. The zero-order valence-corrected chi connectivity index (χ0v) is 10.7. The summed E-state index contributed by atoms with van der Waals surface area (Å²) < 4.78 is 0. The maximum atomic E-state index is 12.2. The standard InChI is InChI=1S/C14H19N3O/c1-10-3-4-12-11(9-10)13(14(18)16-12)17-7-2-5-15-6-8-17/h3-4,9,13,15H,2,5-8H2,1H3,(H,16,18). The lowest BCUT2D eigenvalue weighted by Crippen LogP contribution is -2.35. The van der Waals surface area contributed by atoms with Crippen LogP contribution in [0.3, 0.4) is 0 Å². The Balaban J connectivity index is 1.92. The molecule has 4 heteroatoms. The second-order valence-electron chi connectivity index (χ2n) is 5.12. The number of nitrogens with zero attached hydrogens (tertiary/aromatic N) is 1. The number of anilines is 1. The van der Waals surface area contributed by atoms with Crippen LogP contribution in [0.5, 0.6) is 0 Å². The van der Waals surface area contributed by atoms with E-state index >= 15 is 0 Å². The van der Waals surface area contributed by atoms with Gasteiger partial charge in [0.1, 0.15) is 6.04 Å². The normalized spacial score (nSPS) is 24.5. The van der Waals surface area contributed by atoms with E-state index in [0.29, 0.717) is 0 Å². The molecule has 0 aliphatic carbocycles. The Hall–Kier alpha value is -1.39. The van der Waals surface area contributed by atoms with Crippen LogP contribution >= 0.6 is 0 Å². The van der Waals surface area contributed by atoms with E-state index in [0.717, 1.165) is 43.9 Å². The lowest BCUT2D eigenvalue weighted by atomic mass is 10.0. The fourth-order valence-electron chi connectivity index (χ4n) is 2.85. The van der Waals surface area contributed by atoms with Gasteiger partial charge in [0.05, 0.1) is 0 Å². The quantitative estimate of drug-likeness (QED) is 0.783. The van der Waals surface area contributed by atoms with Crippen molar-refractivity contribution in [1.82, 2.24) is 10.2 Å². The number of hydrogen-bond acceptors (Lipinski definition) is 3. The molecule has 2 aliphatic heterocycles. The van der Waals surface area contributed by atoms with Gasteiger partial charge in [-0.1, -0.05) is 17.7 Å². The Morgan fingerprint density at radius 1 is 1.28 bits per heavy atom. The number of amides is 1. The third kappa shape index (κ3) is 2.02. The molecule has 1 fully saturated rings. The van der Waals surface area contributed by atoms with Gasteiger partial charge in [-0.3, -0.25) is 9.69 Å².